The molecule has 0 fully saturated rings. The molecule has 92 valence electrons. The molecule has 16 heavy (non-hydrogen) atoms. The first-order chi connectivity index (χ1) is 7.68. The Labute approximate surface area is 125 Å². The lowest BCUT2D eigenvalue weighted by Crippen LogP contribution is -2.34. The fourth-order valence-corrected chi connectivity index (χ4v) is 4.66. The maximum Gasteiger partial charge on any atom is 0.315 e. The van der Waals surface area contributed by atoms with Gasteiger partial charge in [-0.25, -0.2) is 0 Å². The van der Waals surface area contributed by atoms with Crippen molar-refractivity contribution >= 4 is 51.2 Å². The number of ether oxygens (including phenoxy) is 1. The van der Waals surface area contributed by atoms with E-state index in [1.165, 1.54) is 7.11 Å². The summed E-state index contributed by atoms with van der Waals surface area (Å²) in [5.74, 6) is 0.547. The molecule has 1 unspecified atom stereocenters. The lowest BCUT2D eigenvalue weighted by molar-refractivity contribution is -0.151. The molecule has 0 heterocycles. The first kappa shape index (κ1) is 14.7. The highest BCUT2D eigenvalue weighted by atomic mass is 127. The molecule has 0 N–H and O–H groups in total. The number of methoxy groups -OCH3 is 1. The Balaban J connectivity index is 2.82. The molecule has 1 aliphatic rings. The Morgan fingerprint density at radius 3 is 2.62 bits per heavy atom. The van der Waals surface area contributed by atoms with Gasteiger partial charge >= 0.3 is 5.97 Å². The van der Waals surface area contributed by atoms with E-state index in [4.69, 9.17) is 4.74 Å². The molecule has 0 spiro atoms. The first-order valence-corrected chi connectivity index (χ1v) is 8.61. The van der Waals surface area contributed by atoms with Gasteiger partial charge in [0, 0.05) is 8.86 Å². The van der Waals surface area contributed by atoms with Crippen molar-refractivity contribution < 1.29 is 9.53 Å². The van der Waals surface area contributed by atoms with E-state index >= 15 is 0 Å². The van der Waals surface area contributed by atoms with Crippen LogP contribution in [-0.2, 0) is 9.53 Å². The van der Waals surface area contributed by atoms with Crippen LogP contribution in [0, 0.1) is 11.3 Å². The van der Waals surface area contributed by atoms with Crippen molar-refractivity contribution in [3.8, 4) is 0 Å². The summed E-state index contributed by atoms with van der Waals surface area (Å²) >= 11 is 4.81. The number of esters is 1. The van der Waals surface area contributed by atoms with Crippen LogP contribution in [0.5, 0.6) is 0 Å². The third-order valence-corrected chi connectivity index (χ3v) is 5.60. The van der Waals surface area contributed by atoms with Crippen molar-refractivity contribution in [1.29, 1.82) is 0 Å². The molecular weight excluding hydrogens is 430 g/mol. The van der Waals surface area contributed by atoms with Crippen LogP contribution < -0.4 is 0 Å². The number of alkyl halides is 2. The average Bonchev–Trinajstić information content (AvgIpc) is 2.36. The van der Waals surface area contributed by atoms with E-state index in [1.807, 2.05) is 0 Å². The van der Waals surface area contributed by atoms with E-state index < -0.39 is 0 Å². The quantitative estimate of drug-likeness (QED) is 0.277. The van der Waals surface area contributed by atoms with Gasteiger partial charge in [-0.2, -0.15) is 0 Å². The fraction of sp³-hybridized carbons (Fsp3) is 0.750. The highest BCUT2D eigenvalue weighted by Gasteiger charge is 2.39. The monoisotopic (exact) mass is 448 g/mol. The van der Waals surface area contributed by atoms with Gasteiger partial charge in [0.05, 0.1) is 12.5 Å². The van der Waals surface area contributed by atoms with Crippen LogP contribution in [0.4, 0.5) is 0 Å². The topological polar surface area (TPSA) is 26.3 Å². The summed E-state index contributed by atoms with van der Waals surface area (Å²) in [5, 5.41) is 0. The molecular formula is C12H18I2O2. The molecule has 0 aromatic heterocycles. The van der Waals surface area contributed by atoms with Gasteiger partial charge in [-0.05, 0) is 31.6 Å². The maximum absolute atomic E-state index is 12.0. The molecule has 0 aliphatic heterocycles. The average molecular weight is 448 g/mol. The largest absolute Gasteiger partial charge is 0.468 e. The highest BCUT2D eigenvalue weighted by Crippen LogP contribution is 2.39. The predicted octanol–water partition coefficient (Wildman–Crippen LogP) is 3.76. The fourth-order valence-electron chi connectivity index (χ4n) is 2.22. The van der Waals surface area contributed by atoms with E-state index in [0.29, 0.717) is 5.92 Å². The summed E-state index contributed by atoms with van der Waals surface area (Å²) in [6.07, 6.45) is 8.30. The molecule has 2 nitrogen and oxygen atoms in total. The second kappa shape index (κ2) is 7.18. The Morgan fingerprint density at radius 2 is 2.19 bits per heavy atom. The van der Waals surface area contributed by atoms with Crippen LogP contribution in [0.3, 0.4) is 0 Å². The Kier molecular flexibility index (Phi) is 6.61. The number of hydrogen-bond donors (Lipinski definition) is 0. The zero-order valence-corrected chi connectivity index (χ0v) is 13.9. The normalized spacial score (nSPS) is 24.8. The number of carbonyl (C=O) groups excluding carboxylic acids is 1. The van der Waals surface area contributed by atoms with E-state index in [2.05, 4.69) is 57.3 Å². The van der Waals surface area contributed by atoms with Gasteiger partial charge in [-0.1, -0.05) is 57.3 Å². The van der Waals surface area contributed by atoms with E-state index in [0.717, 1.165) is 34.5 Å². The van der Waals surface area contributed by atoms with Crippen molar-refractivity contribution in [2.24, 2.45) is 11.3 Å². The van der Waals surface area contributed by atoms with Gasteiger partial charge in [0.25, 0.3) is 0 Å². The van der Waals surface area contributed by atoms with E-state index in [1.54, 1.807) is 0 Å². The Hall–Kier alpha value is 0.670. The van der Waals surface area contributed by atoms with Crippen molar-refractivity contribution in [2.45, 2.75) is 25.7 Å². The minimum atomic E-state index is -0.339. The lowest BCUT2D eigenvalue weighted by atomic mass is 9.73. The van der Waals surface area contributed by atoms with Gasteiger partial charge in [0.1, 0.15) is 0 Å². The van der Waals surface area contributed by atoms with Crippen LogP contribution in [0.15, 0.2) is 12.2 Å². The summed E-state index contributed by atoms with van der Waals surface area (Å²) in [6.45, 7) is 0. The van der Waals surface area contributed by atoms with E-state index in [9.17, 15) is 4.79 Å². The minimum absolute atomic E-state index is 0.0526. The standard InChI is InChI=1S/C12H18I2O2/c1-16-11(15)12(5-3-2-4-6-12)7-10(8-13)9-14/h3,5,10H,2,4,6-9H2,1H3. The van der Waals surface area contributed by atoms with Gasteiger partial charge in [-0.3, -0.25) is 4.79 Å². The van der Waals surface area contributed by atoms with Crippen LogP contribution in [0.1, 0.15) is 25.7 Å². The van der Waals surface area contributed by atoms with Crippen LogP contribution in [0.2, 0.25) is 0 Å². The first-order valence-electron chi connectivity index (χ1n) is 5.56. The van der Waals surface area contributed by atoms with Gasteiger partial charge < -0.3 is 4.74 Å². The molecule has 0 aromatic rings. The third kappa shape index (κ3) is 3.58. The second-order valence-electron chi connectivity index (χ2n) is 4.32. The van der Waals surface area contributed by atoms with Crippen molar-refractivity contribution in [3.05, 3.63) is 12.2 Å². The van der Waals surface area contributed by atoms with Gasteiger partial charge in [-0.15, -0.1) is 0 Å². The summed E-state index contributed by atoms with van der Waals surface area (Å²) in [4.78, 5) is 12.0. The molecule has 1 aliphatic carbocycles. The molecule has 0 bridgehead atoms. The Morgan fingerprint density at radius 1 is 1.50 bits per heavy atom. The zero-order valence-electron chi connectivity index (χ0n) is 9.55. The molecule has 1 atom stereocenters. The molecule has 0 radical (unpaired) electrons. The van der Waals surface area contributed by atoms with Crippen molar-refractivity contribution in [2.75, 3.05) is 16.0 Å². The molecule has 0 aromatic carbocycles. The molecule has 4 heteroatoms. The molecule has 0 amide bonds. The minimum Gasteiger partial charge on any atom is -0.468 e. The van der Waals surface area contributed by atoms with Gasteiger partial charge in [0.15, 0.2) is 0 Å². The maximum atomic E-state index is 12.0. The van der Waals surface area contributed by atoms with Crippen LogP contribution in [0.25, 0.3) is 0 Å². The van der Waals surface area contributed by atoms with Crippen molar-refractivity contribution in [3.63, 3.8) is 0 Å². The molecule has 1 rings (SSSR count). The number of allylic oxidation sites excluding steroid dienone is 1. The number of hydrogen-bond acceptors (Lipinski definition) is 2. The third-order valence-electron chi connectivity index (χ3n) is 3.11. The summed E-state index contributed by atoms with van der Waals surface area (Å²) in [6, 6.07) is 0. The number of rotatable bonds is 5. The summed E-state index contributed by atoms with van der Waals surface area (Å²) < 4.78 is 7.20. The van der Waals surface area contributed by atoms with Crippen molar-refractivity contribution in [1.82, 2.24) is 0 Å². The summed E-state index contributed by atoms with van der Waals surface area (Å²) in [5.41, 5.74) is -0.339. The second-order valence-corrected chi connectivity index (χ2v) is 6.08. The molecule has 0 saturated heterocycles. The van der Waals surface area contributed by atoms with Crippen LogP contribution >= 0.6 is 45.2 Å². The predicted molar refractivity (Wildman–Crippen MR) is 83.3 cm³/mol. The number of carbonyl (C=O) groups is 1. The SMILES string of the molecule is COC(=O)C1(CC(CI)CI)C=CCCC1. The highest BCUT2D eigenvalue weighted by molar-refractivity contribution is 14.1. The zero-order chi connectivity index (χ0) is 12.0. The lowest BCUT2D eigenvalue weighted by Gasteiger charge is -2.32. The number of halogens is 2. The Bertz CT molecular complexity index is 262. The van der Waals surface area contributed by atoms with E-state index in [-0.39, 0.29) is 11.4 Å². The smallest absolute Gasteiger partial charge is 0.315 e. The molecule has 0 saturated carbocycles. The van der Waals surface area contributed by atoms with Crippen LogP contribution in [-0.4, -0.2) is 21.9 Å². The van der Waals surface area contributed by atoms with Gasteiger partial charge in [0.2, 0.25) is 0 Å². The summed E-state index contributed by atoms with van der Waals surface area (Å²) in [7, 11) is 1.50.